The molecule has 2 fully saturated rings. The minimum absolute atomic E-state index is 0.00530. The molecule has 0 bridgehead atoms. The Morgan fingerprint density at radius 1 is 0.938 bits per heavy atom. The molecule has 1 aliphatic heterocycles. The predicted molar refractivity (Wildman–Crippen MR) is 251 cm³/mol. The number of non-ortho nitro benzene ring substituents is 1. The lowest BCUT2D eigenvalue weighted by molar-refractivity contribution is -0.384. The largest absolute Gasteiger partial charge is 0.459 e. The number of rotatable bonds is 21. The summed E-state index contributed by atoms with van der Waals surface area (Å²) in [6.45, 7) is 4.49. The summed E-state index contributed by atoms with van der Waals surface area (Å²) in [6.07, 6.45) is 14.9. The minimum Gasteiger partial charge on any atom is -0.459 e. The Morgan fingerprint density at radius 2 is 1.66 bits per heavy atom. The molecule has 4 aliphatic rings. The van der Waals surface area contributed by atoms with Gasteiger partial charge in [0.15, 0.2) is 0 Å². The summed E-state index contributed by atoms with van der Waals surface area (Å²) in [5.74, 6) is 0.712. The van der Waals surface area contributed by atoms with Crippen molar-refractivity contribution >= 4 is 28.1 Å². The van der Waals surface area contributed by atoms with E-state index >= 15 is 0 Å². The molecule has 2 N–H and O–H groups in total. The lowest BCUT2D eigenvalue weighted by Gasteiger charge is -2.59. The fraction of sp³-hybridized carbons (Fsp3) is 0.472. The van der Waals surface area contributed by atoms with Crippen LogP contribution in [-0.2, 0) is 21.0 Å². The molecule has 65 heavy (non-hydrogen) atoms. The quantitative estimate of drug-likeness (QED) is 0.0360. The second-order valence-electron chi connectivity index (χ2n) is 18.3. The summed E-state index contributed by atoms with van der Waals surface area (Å²) in [5.41, 5.74) is 3.32. The smallest absolute Gasteiger partial charge is 0.269 e. The van der Waals surface area contributed by atoms with Gasteiger partial charge in [-0.05, 0) is 114 Å². The number of nitrogens with zero attached hydrogens (tertiary/aromatic N) is 3. The number of hydrogen-bond donors (Lipinski definition) is 2. The number of aliphatic hydroxyl groups is 2. The summed E-state index contributed by atoms with van der Waals surface area (Å²) >= 11 is 0. The van der Waals surface area contributed by atoms with Crippen molar-refractivity contribution in [2.24, 2.45) is 28.8 Å². The highest BCUT2D eigenvalue weighted by molar-refractivity contribution is 6.03. The molecule has 0 radical (unpaired) electrons. The van der Waals surface area contributed by atoms with E-state index in [1.165, 1.54) is 25.0 Å². The number of hydrogen-bond acceptors (Lipinski definition) is 10. The van der Waals surface area contributed by atoms with Crippen LogP contribution >= 0.6 is 0 Å². The average molecular weight is 886 g/mol. The zero-order valence-corrected chi connectivity index (χ0v) is 37.5. The Hall–Kier alpha value is -5.56. The molecule has 4 aromatic carbocycles. The Morgan fingerprint density at radius 3 is 2.40 bits per heavy atom. The number of likely N-dealkylation sites (N-methyl/N-ethyl adjacent to an activating group) is 1. The Balaban J connectivity index is 1.25. The van der Waals surface area contributed by atoms with Crippen LogP contribution in [0.1, 0.15) is 101 Å². The van der Waals surface area contributed by atoms with Crippen molar-refractivity contribution in [3.8, 4) is 17.2 Å². The van der Waals surface area contributed by atoms with E-state index in [2.05, 4.69) is 36.9 Å². The molecule has 1 amide bonds. The summed E-state index contributed by atoms with van der Waals surface area (Å²) in [4.78, 5) is 33.4. The lowest BCUT2D eigenvalue weighted by Crippen LogP contribution is -2.69. The molecule has 2 saturated carbocycles. The third kappa shape index (κ3) is 10.1. The molecule has 12 heteroatoms. The van der Waals surface area contributed by atoms with Gasteiger partial charge in [0.1, 0.15) is 29.9 Å². The SMILES string of the molecule is C=CCO[C@@]12Oc3ccc(Oc4ccc5ccccc5c4)cc3[C@H]3[C@H](CCCCO)[C@@H](CCCCO)C=C(C(=NOCc4ccc([N+](=O)[O-])cc4)C[C@@H]1N(C)C(=O)CCC1CCCC1)[C@H]32. The molecule has 0 spiro atoms. The molecule has 0 aromatic heterocycles. The first-order valence-electron chi connectivity index (χ1n) is 23.6. The number of nitro groups is 1. The van der Waals surface area contributed by atoms with Crippen LogP contribution < -0.4 is 9.47 Å². The lowest BCUT2D eigenvalue weighted by atomic mass is 9.55. The van der Waals surface area contributed by atoms with Crippen LogP contribution in [0.4, 0.5) is 5.69 Å². The average Bonchev–Trinajstić information content (AvgIpc) is 3.85. The van der Waals surface area contributed by atoms with E-state index in [0.717, 1.165) is 72.4 Å². The highest BCUT2D eigenvalue weighted by atomic mass is 16.7. The van der Waals surface area contributed by atoms with Gasteiger partial charge < -0.3 is 34.2 Å². The number of ether oxygens (including phenoxy) is 3. The number of oxime groups is 1. The van der Waals surface area contributed by atoms with Gasteiger partial charge in [0.2, 0.25) is 11.7 Å². The summed E-state index contributed by atoms with van der Waals surface area (Å²) in [5, 5.41) is 38.4. The maximum Gasteiger partial charge on any atom is 0.269 e. The van der Waals surface area contributed by atoms with E-state index in [-0.39, 0.29) is 62.2 Å². The first kappa shape index (κ1) is 46.0. The minimum atomic E-state index is -1.35. The Bertz CT molecular complexity index is 2360. The Labute approximate surface area is 382 Å². The monoisotopic (exact) mass is 885 g/mol. The van der Waals surface area contributed by atoms with Gasteiger partial charge >= 0.3 is 0 Å². The predicted octanol–water partition coefficient (Wildman–Crippen LogP) is 10.8. The van der Waals surface area contributed by atoms with E-state index in [1.807, 2.05) is 48.3 Å². The zero-order valence-electron chi connectivity index (χ0n) is 37.5. The van der Waals surface area contributed by atoms with Crippen LogP contribution in [0.15, 0.2) is 114 Å². The van der Waals surface area contributed by atoms with Crippen LogP contribution in [0.3, 0.4) is 0 Å². The van der Waals surface area contributed by atoms with E-state index in [1.54, 1.807) is 18.2 Å². The van der Waals surface area contributed by atoms with Crippen molar-refractivity contribution < 1.29 is 39.0 Å². The highest BCUT2D eigenvalue weighted by Crippen LogP contribution is 2.62. The van der Waals surface area contributed by atoms with E-state index in [0.29, 0.717) is 48.1 Å². The molecular weight excluding hydrogens is 823 g/mol. The number of benzene rings is 4. The number of carbonyl (C=O) groups is 1. The van der Waals surface area contributed by atoms with Crippen LogP contribution in [-0.4, -0.2) is 70.4 Å². The van der Waals surface area contributed by atoms with Gasteiger partial charge in [-0.2, -0.15) is 0 Å². The molecule has 8 rings (SSSR count). The molecule has 0 unspecified atom stereocenters. The maximum atomic E-state index is 14.5. The number of amides is 1. The van der Waals surface area contributed by atoms with Crippen LogP contribution in [0, 0.1) is 33.8 Å². The number of unbranched alkanes of at least 4 members (excludes halogenated alkanes) is 2. The second-order valence-corrected chi connectivity index (χ2v) is 18.3. The number of allylic oxidation sites excluding steroid dienone is 1. The van der Waals surface area contributed by atoms with Gasteiger partial charge in [-0.25, -0.2) is 0 Å². The van der Waals surface area contributed by atoms with Crippen molar-refractivity contribution in [1.29, 1.82) is 0 Å². The van der Waals surface area contributed by atoms with Crippen LogP contribution in [0.25, 0.3) is 10.8 Å². The fourth-order valence-electron chi connectivity index (χ4n) is 11.0. The standard InChI is InChI=1S/C53H63N3O9/c1-3-30-62-53-49(55(2)50(59)27-20-36-12-4-5-13-36)34-47(54-63-35-37-18-22-41(23-19-37)56(60)61)45-32-40(16-8-10-28-57)44(17-9-11-29-58)51(52(45)53)46-33-43(25-26-48(46)65-53)64-42-24-21-38-14-6-7-15-39(38)31-42/h3,6-7,14-15,18-19,21-26,31-33,36,40,44,49,51-52,57-58H,1,4-5,8-13,16-17,20,27-30,34-35H2,2H3/t40-,44+,49-,51+,52+,53+/m0/s1. The first-order chi connectivity index (χ1) is 31.7. The number of nitro benzene ring substituents is 1. The Kier molecular flexibility index (Phi) is 15.0. The van der Waals surface area contributed by atoms with Crippen molar-refractivity contribution in [3.05, 3.63) is 130 Å². The molecule has 3 aliphatic carbocycles. The third-order valence-electron chi connectivity index (χ3n) is 14.3. The fourth-order valence-corrected chi connectivity index (χ4v) is 11.0. The van der Waals surface area contributed by atoms with E-state index in [9.17, 15) is 25.1 Å². The molecule has 344 valence electrons. The number of carbonyl (C=O) groups excluding carboxylic acids is 1. The van der Waals surface area contributed by atoms with Crippen molar-refractivity contribution in [2.75, 3.05) is 26.9 Å². The van der Waals surface area contributed by atoms with Gasteiger partial charge in [0.25, 0.3) is 5.69 Å². The maximum absolute atomic E-state index is 14.5. The molecule has 12 nitrogen and oxygen atoms in total. The molecular formula is C53H63N3O9. The number of aliphatic hydroxyl groups excluding tert-OH is 2. The van der Waals surface area contributed by atoms with Crippen molar-refractivity contribution in [1.82, 2.24) is 4.90 Å². The van der Waals surface area contributed by atoms with E-state index < -0.39 is 22.7 Å². The third-order valence-corrected chi connectivity index (χ3v) is 14.3. The van der Waals surface area contributed by atoms with Crippen molar-refractivity contribution in [3.63, 3.8) is 0 Å². The van der Waals surface area contributed by atoms with Crippen LogP contribution in [0.2, 0.25) is 0 Å². The van der Waals surface area contributed by atoms with Gasteiger partial charge in [0, 0.05) is 56.7 Å². The topological polar surface area (TPSA) is 153 Å². The van der Waals surface area contributed by atoms with Gasteiger partial charge in [-0.15, -0.1) is 6.58 Å². The summed E-state index contributed by atoms with van der Waals surface area (Å²) in [7, 11) is 1.86. The first-order valence-corrected chi connectivity index (χ1v) is 23.6. The molecule has 4 aromatic rings. The van der Waals surface area contributed by atoms with E-state index in [4.69, 9.17) is 24.2 Å². The molecule has 1 heterocycles. The van der Waals surface area contributed by atoms with Gasteiger partial charge in [-0.1, -0.05) is 86.2 Å². The van der Waals surface area contributed by atoms with Gasteiger partial charge in [0.05, 0.1) is 23.2 Å². The highest BCUT2D eigenvalue weighted by Gasteiger charge is 2.65. The molecule has 0 saturated heterocycles. The van der Waals surface area contributed by atoms with Crippen LogP contribution in [0.5, 0.6) is 17.2 Å². The summed E-state index contributed by atoms with van der Waals surface area (Å²) in [6, 6.07) is 25.9. The van der Waals surface area contributed by atoms with Crippen molar-refractivity contribution in [2.45, 2.75) is 108 Å². The molecule has 6 atom stereocenters. The number of fused-ring (bicyclic) bond motifs is 3. The second kappa shape index (κ2) is 21.2. The zero-order chi connectivity index (χ0) is 45.3. The van der Waals surface area contributed by atoms with Gasteiger partial charge in [-0.3, -0.25) is 14.9 Å². The summed E-state index contributed by atoms with van der Waals surface area (Å²) < 4.78 is 21.1. The normalized spacial score (nSPS) is 24.1.